The highest BCUT2D eigenvalue weighted by molar-refractivity contribution is 6.30. The third-order valence-electron chi connectivity index (χ3n) is 4.48. The van der Waals surface area contributed by atoms with Gasteiger partial charge in [-0.05, 0) is 50.5 Å². The number of aryl methyl sites for hydroxylation is 1. The summed E-state index contributed by atoms with van der Waals surface area (Å²) in [5.74, 6) is 2.09. The molecule has 25 heavy (non-hydrogen) atoms. The molecule has 134 valence electrons. The summed E-state index contributed by atoms with van der Waals surface area (Å²) in [5.41, 5.74) is 0.887. The average molecular weight is 364 g/mol. The van der Waals surface area contributed by atoms with Crippen LogP contribution in [-0.2, 0) is 11.3 Å². The zero-order valence-corrected chi connectivity index (χ0v) is 15.4. The van der Waals surface area contributed by atoms with Gasteiger partial charge in [0.25, 0.3) is 5.91 Å². The monoisotopic (exact) mass is 363 g/mol. The van der Waals surface area contributed by atoms with Crippen LogP contribution in [0.5, 0.6) is 5.75 Å². The lowest BCUT2D eigenvalue weighted by molar-refractivity contribution is -0.137. The molecule has 1 amide bonds. The molecule has 1 heterocycles. The molecule has 2 aromatic rings. The number of nitrogens with zero attached hydrogens (tertiary/aromatic N) is 3. The smallest absolute Gasteiger partial charge is 0.263 e. The summed E-state index contributed by atoms with van der Waals surface area (Å²) in [7, 11) is 1.70. The highest BCUT2D eigenvalue weighted by Crippen LogP contribution is 2.35. The lowest BCUT2D eigenvalue weighted by Crippen LogP contribution is -2.37. The maximum atomic E-state index is 12.5. The average Bonchev–Trinajstić information content (AvgIpc) is 2.95. The van der Waals surface area contributed by atoms with Crippen LogP contribution in [0.4, 0.5) is 0 Å². The molecule has 0 N–H and O–H groups in total. The van der Waals surface area contributed by atoms with E-state index in [-0.39, 0.29) is 5.91 Å². The first-order valence-electron chi connectivity index (χ1n) is 8.44. The summed E-state index contributed by atoms with van der Waals surface area (Å²) in [6.45, 7) is 3.91. The number of hydrogen-bond donors (Lipinski definition) is 0. The van der Waals surface area contributed by atoms with Crippen molar-refractivity contribution in [2.45, 2.75) is 51.7 Å². The fourth-order valence-electron chi connectivity index (χ4n) is 2.74. The SMILES string of the molecule is Cc1cc(Cl)ccc1O[C@@H](C)C(=O)N(C)Cc1noc(C2CCC2)n1. The highest BCUT2D eigenvalue weighted by atomic mass is 35.5. The largest absolute Gasteiger partial charge is 0.481 e. The topological polar surface area (TPSA) is 68.5 Å². The number of likely N-dealkylation sites (N-methyl/N-ethyl adjacent to an activating group) is 1. The van der Waals surface area contributed by atoms with E-state index in [0.29, 0.717) is 34.9 Å². The van der Waals surface area contributed by atoms with Gasteiger partial charge in [0.15, 0.2) is 11.9 Å². The summed E-state index contributed by atoms with van der Waals surface area (Å²) in [6, 6.07) is 5.32. The Morgan fingerprint density at radius 1 is 1.48 bits per heavy atom. The molecule has 0 unspecified atom stereocenters. The number of rotatable bonds is 6. The first-order valence-corrected chi connectivity index (χ1v) is 8.82. The van der Waals surface area contributed by atoms with E-state index in [1.54, 1.807) is 37.1 Å². The Hall–Kier alpha value is -2.08. The number of ether oxygens (including phenoxy) is 1. The molecule has 0 radical (unpaired) electrons. The van der Waals surface area contributed by atoms with Gasteiger partial charge in [-0.25, -0.2) is 0 Å². The van der Waals surface area contributed by atoms with Gasteiger partial charge < -0.3 is 14.2 Å². The van der Waals surface area contributed by atoms with Gasteiger partial charge in [-0.2, -0.15) is 4.98 Å². The number of aromatic nitrogens is 2. The highest BCUT2D eigenvalue weighted by Gasteiger charge is 2.26. The molecule has 7 heteroatoms. The molecule has 0 bridgehead atoms. The van der Waals surface area contributed by atoms with Crippen molar-refractivity contribution < 1.29 is 14.1 Å². The molecule has 1 atom stereocenters. The Kier molecular flexibility index (Phi) is 5.27. The van der Waals surface area contributed by atoms with Crippen LogP contribution in [0, 0.1) is 6.92 Å². The molecule has 1 aromatic heterocycles. The number of halogens is 1. The number of benzene rings is 1. The molecule has 3 rings (SSSR count). The fourth-order valence-corrected chi connectivity index (χ4v) is 2.97. The van der Waals surface area contributed by atoms with Crippen molar-refractivity contribution >= 4 is 17.5 Å². The van der Waals surface area contributed by atoms with Gasteiger partial charge in [0.05, 0.1) is 6.54 Å². The molecule has 1 aromatic carbocycles. The van der Waals surface area contributed by atoms with Crippen LogP contribution in [-0.4, -0.2) is 34.1 Å². The predicted molar refractivity (Wildman–Crippen MR) is 93.6 cm³/mol. The van der Waals surface area contributed by atoms with Crippen molar-refractivity contribution in [2.75, 3.05) is 7.05 Å². The molecule has 1 fully saturated rings. The lowest BCUT2D eigenvalue weighted by Gasteiger charge is -2.22. The van der Waals surface area contributed by atoms with Gasteiger partial charge in [-0.15, -0.1) is 0 Å². The maximum absolute atomic E-state index is 12.5. The molecule has 1 aliphatic carbocycles. The van der Waals surface area contributed by atoms with E-state index in [1.165, 1.54) is 6.42 Å². The third-order valence-corrected chi connectivity index (χ3v) is 4.72. The van der Waals surface area contributed by atoms with Crippen molar-refractivity contribution in [2.24, 2.45) is 0 Å². The molecule has 1 saturated carbocycles. The van der Waals surface area contributed by atoms with Crippen LogP contribution in [0.1, 0.15) is 49.4 Å². The number of carbonyl (C=O) groups is 1. The van der Waals surface area contributed by atoms with Crippen LogP contribution in [0.2, 0.25) is 5.02 Å². The Bertz CT molecular complexity index is 758. The van der Waals surface area contributed by atoms with E-state index >= 15 is 0 Å². The zero-order valence-electron chi connectivity index (χ0n) is 14.7. The van der Waals surface area contributed by atoms with Crippen LogP contribution in [0.15, 0.2) is 22.7 Å². The second-order valence-corrected chi connectivity index (χ2v) is 6.98. The zero-order chi connectivity index (χ0) is 18.0. The Morgan fingerprint density at radius 2 is 2.24 bits per heavy atom. The standard InChI is InChI=1S/C18H22ClN3O3/c1-11-9-14(19)7-8-15(11)24-12(2)18(23)22(3)10-16-20-17(25-21-16)13-5-4-6-13/h7-9,12-13H,4-6,10H2,1-3H3/t12-/m0/s1. The second-order valence-electron chi connectivity index (χ2n) is 6.54. The van der Waals surface area contributed by atoms with E-state index in [2.05, 4.69) is 10.1 Å². The Labute approximate surface area is 152 Å². The molecular weight excluding hydrogens is 342 g/mol. The van der Waals surface area contributed by atoms with Crippen LogP contribution in [0.25, 0.3) is 0 Å². The van der Waals surface area contributed by atoms with Crippen molar-refractivity contribution in [3.63, 3.8) is 0 Å². The van der Waals surface area contributed by atoms with Crippen molar-refractivity contribution in [3.8, 4) is 5.75 Å². The molecule has 0 aliphatic heterocycles. The normalized spacial score (nSPS) is 15.5. The van der Waals surface area contributed by atoms with E-state index in [4.69, 9.17) is 20.9 Å². The van der Waals surface area contributed by atoms with Crippen LogP contribution >= 0.6 is 11.6 Å². The third kappa shape index (κ3) is 4.12. The van der Waals surface area contributed by atoms with Gasteiger partial charge in [-0.3, -0.25) is 4.79 Å². The number of carbonyl (C=O) groups excluding carboxylic acids is 1. The number of hydrogen-bond acceptors (Lipinski definition) is 5. The van der Waals surface area contributed by atoms with E-state index < -0.39 is 6.10 Å². The minimum atomic E-state index is -0.622. The molecule has 0 spiro atoms. The summed E-state index contributed by atoms with van der Waals surface area (Å²) in [5, 5.41) is 4.61. The number of amides is 1. The molecular formula is C18H22ClN3O3. The second kappa shape index (κ2) is 7.44. The first kappa shape index (κ1) is 17.7. The first-order chi connectivity index (χ1) is 11.9. The molecule has 0 saturated heterocycles. The molecule has 6 nitrogen and oxygen atoms in total. The van der Waals surface area contributed by atoms with Crippen molar-refractivity contribution in [3.05, 3.63) is 40.5 Å². The van der Waals surface area contributed by atoms with Crippen LogP contribution < -0.4 is 4.74 Å². The minimum Gasteiger partial charge on any atom is -0.481 e. The van der Waals surface area contributed by atoms with Gasteiger partial charge in [0.2, 0.25) is 5.89 Å². The van der Waals surface area contributed by atoms with Gasteiger partial charge in [0, 0.05) is 18.0 Å². The summed E-state index contributed by atoms with van der Waals surface area (Å²) >= 11 is 5.94. The van der Waals surface area contributed by atoms with Crippen LogP contribution in [0.3, 0.4) is 0 Å². The lowest BCUT2D eigenvalue weighted by atomic mass is 9.85. The minimum absolute atomic E-state index is 0.149. The van der Waals surface area contributed by atoms with E-state index in [1.807, 2.05) is 6.92 Å². The Morgan fingerprint density at radius 3 is 2.88 bits per heavy atom. The molecule has 1 aliphatic rings. The van der Waals surface area contributed by atoms with Gasteiger partial charge in [-0.1, -0.05) is 23.2 Å². The van der Waals surface area contributed by atoms with Gasteiger partial charge >= 0.3 is 0 Å². The van der Waals surface area contributed by atoms with Crippen molar-refractivity contribution in [1.82, 2.24) is 15.0 Å². The predicted octanol–water partition coefficient (Wildman–Crippen LogP) is 3.72. The maximum Gasteiger partial charge on any atom is 0.263 e. The van der Waals surface area contributed by atoms with Crippen molar-refractivity contribution in [1.29, 1.82) is 0 Å². The Balaban J connectivity index is 1.58. The fraction of sp³-hybridized carbons (Fsp3) is 0.500. The quantitative estimate of drug-likeness (QED) is 0.782. The van der Waals surface area contributed by atoms with E-state index in [0.717, 1.165) is 18.4 Å². The van der Waals surface area contributed by atoms with Gasteiger partial charge in [0.1, 0.15) is 5.75 Å². The summed E-state index contributed by atoms with van der Waals surface area (Å²) < 4.78 is 11.1. The summed E-state index contributed by atoms with van der Waals surface area (Å²) in [4.78, 5) is 18.5. The van der Waals surface area contributed by atoms with E-state index in [9.17, 15) is 4.79 Å². The summed E-state index contributed by atoms with van der Waals surface area (Å²) in [6.07, 6.45) is 2.78.